The monoisotopic (exact) mass is 456 g/mol. The van der Waals surface area contributed by atoms with E-state index in [-0.39, 0.29) is 17.6 Å². The predicted octanol–water partition coefficient (Wildman–Crippen LogP) is 3.51. The molecule has 1 aliphatic heterocycles. The van der Waals surface area contributed by atoms with E-state index in [0.717, 1.165) is 60.9 Å². The van der Waals surface area contributed by atoms with E-state index in [1.165, 1.54) is 16.9 Å². The number of benzene rings is 1. The maximum atomic E-state index is 13.7. The highest BCUT2D eigenvalue weighted by Crippen LogP contribution is 2.44. The van der Waals surface area contributed by atoms with Crippen LogP contribution in [0.3, 0.4) is 0 Å². The van der Waals surface area contributed by atoms with Crippen LogP contribution in [0.4, 0.5) is 0 Å². The number of thiophene rings is 1. The number of likely N-dealkylation sites (N-methyl/N-ethyl adjacent to an activating group) is 1. The van der Waals surface area contributed by atoms with E-state index in [2.05, 4.69) is 14.1 Å². The molecule has 1 unspecified atom stereocenters. The molecule has 1 saturated carbocycles. The van der Waals surface area contributed by atoms with Crippen LogP contribution in [0.2, 0.25) is 0 Å². The Labute approximate surface area is 195 Å². The second-order valence-corrected chi connectivity index (χ2v) is 11.1. The first-order valence-electron chi connectivity index (χ1n) is 11.9. The summed E-state index contributed by atoms with van der Waals surface area (Å²) in [4.78, 5) is 16.4. The third-order valence-electron chi connectivity index (χ3n) is 7.81. The molecule has 6 heteroatoms. The van der Waals surface area contributed by atoms with Gasteiger partial charge in [-0.3, -0.25) is 4.79 Å². The molecule has 1 amide bonds. The van der Waals surface area contributed by atoms with Crippen molar-refractivity contribution in [3.63, 3.8) is 0 Å². The molecule has 1 saturated heterocycles. The number of piperidine rings is 1. The zero-order valence-electron chi connectivity index (χ0n) is 19.3. The lowest BCUT2D eigenvalue weighted by Gasteiger charge is -2.45. The Morgan fingerprint density at radius 1 is 1.12 bits per heavy atom. The minimum atomic E-state index is -1.37. The van der Waals surface area contributed by atoms with Gasteiger partial charge in [-0.2, -0.15) is 0 Å². The smallest absolute Gasteiger partial charge is 0.260 e. The van der Waals surface area contributed by atoms with Gasteiger partial charge in [0.1, 0.15) is 0 Å². The van der Waals surface area contributed by atoms with E-state index in [1.807, 2.05) is 34.5 Å². The average Bonchev–Trinajstić information content (AvgIpc) is 3.53. The standard InChI is InChI=1S/C26H36N2O3S/c1-28(2,18-15-20-9-11-23(29)12-10-20)22-13-16-27(17-14-22)25(30)26(31,21-6-3-4-7-21)24-8-5-19-32-24/h5,8-12,19,21-22,31H,3-4,6-7,13-18H2,1-2H3. The van der Waals surface area contributed by atoms with Crippen molar-refractivity contribution >= 4 is 17.2 Å². The first kappa shape index (κ1) is 23.3. The average molecular weight is 457 g/mol. The fourth-order valence-corrected chi connectivity index (χ4v) is 6.48. The number of nitrogens with zero attached hydrogens (tertiary/aromatic N) is 2. The van der Waals surface area contributed by atoms with Crippen molar-refractivity contribution in [2.45, 2.75) is 56.6 Å². The number of hydrogen-bond acceptors (Lipinski definition) is 4. The quantitative estimate of drug-likeness (QED) is 0.649. The molecule has 174 valence electrons. The van der Waals surface area contributed by atoms with Gasteiger partial charge in [-0.1, -0.05) is 43.2 Å². The molecule has 1 aromatic heterocycles. The molecule has 2 heterocycles. The van der Waals surface area contributed by atoms with Gasteiger partial charge < -0.3 is 19.6 Å². The molecule has 1 atom stereocenters. The van der Waals surface area contributed by atoms with Crippen molar-refractivity contribution in [1.29, 1.82) is 0 Å². The first-order chi connectivity index (χ1) is 15.3. The van der Waals surface area contributed by atoms with Crippen LogP contribution in [-0.2, 0) is 16.8 Å². The number of amides is 1. The summed E-state index contributed by atoms with van der Waals surface area (Å²) in [6.07, 6.45) is 6.87. The topological polar surface area (TPSA) is 63.6 Å². The lowest BCUT2D eigenvalue weighted by atomic mass is 9.82. The van der Waals surface area contributed by atoms with Crippen LogP contribution in [0.1, 0.15) is 49.0 Å². The van der Waals surface area contributed by atoms with E-state index in [0.29, 0.717) is 19.1 Å². The Balaban J connectivity index is 1.38. The summed E-state index contributed by atoms with van der Waals surface area (Å²) >= 11 is 1.50. The number of carbonyl (C=O) groups is 1. The van der Waals surface area contributed by atoms with Crippen LogP contribution in [0.5, 0.6) is 5.75 Å². The van der Waals surface area contributed by atoms with Gasteiger partial charge in [-0.15, -0.1) is 17.1 Å². The number of aliphatic hydroxyl groups is 1. The van der Waals surface area contributed by atoms with E-state index in [1.54, 1.807) is 12.1 Å². The van der Waals surface area contributed by atoms with Crippen LogP contribution in [-0.4, -0.2) is 60.2 Å². The van der Waals surface area contributed by atoms with Gasteiger partial charge in [0, 0.05) is 43.1 Å². The highest BCUT2D eigenvalue weighted by Gasteiger charge is 2.50. The molecular weight excluding hydrogens is 420 g/mol. The normalized spacial score (nSPS) is 20.4. The Hall–Kier alpha value is -1.89. The van der Waals surface area contributed by atoms with Crippen LogP contribution in [0.25, 0.3) is 0 Å². The zero-order chi connectivity index (χ0) is 22.8. The van der Waals surface area contributed by atoms with Gasteiger partial charge >= 0.3 is 0 Å². The lowest BCUT2D eigenvalue weighted by Crippen LogP contribution is -2.58. The van der Waals surface area contributed by atoms with E-state index in [9.17, 15) is 15.0 Å². The molecular formula is C26H36N2O3S. The number of hydrogen-bond donors (Lipinski definition) is 1. The van der Waals surface area contributed by atoms with Crippen molar-refractivity contribution in [3.8, 4) is 5.75 Å². The molecule has 5 nitrogen and oxygen atoms in total. The van der Waals surface area contributed by atoms with Crippen molar-refractivity contribution in [3.05, 3.63) is 52.2 Å². The predicted molar refractivity (Wildman–Crippen MR) is 126 cm³/mol. The number of rotatable bonds is 7. The van der Waals surface area contributed by atoms with Crippen LogP contribution in [0, 0.1) is 5.92 Å². The van der Waals surface area contributed by atoms with Gasteiger partial charge in [0.25, 0.3) is 5.91 Å². The van der Waals surface area contributed by atoms with Crippen LogP contribution < -0.4 is 5.11 Å². The molecule has 0 radical (unpaired) electrons. The summed E-state index contributed by atoms with van der Waals surface area (Å²) in [6.45, 7) is 2.41. The van der Waals surface area contributed by atoms with Gasteiger partial charge in [0.15, 0.2) is 5.60 Å². The second kappa shape index (κ2) is 9.54. The Morgan fingerprint density at radius 3 is 2.38 bits per heavy atom. The summed E-state index contributed by atoms with van der Waals surface area (Å²) in [7, 11) is 4.54. The van der Waals surface area contributed by atoms with Gasteiger partial charge in [0.05, 0.1) is 26.7 Å². The van der Waals surface area contributed by atoms with E-state index >= 15 is 0 Å². The summed E-state index contributed by atoms with van der Waals surface area (Å²) < 4.78 is 0.902. The molecule has 1 aliphatic carbocycles. The fraction of sp³-hybridized carbons (Fsp3) is 0.577. The van der Waals surface area contributed by atoms with Crippen molar-refractivity contribution < 1.29 is 19.5 Å². The fourth-order valence-electron chi connectivity index (χ4n) is 5.59. The van der Waals surface area contributed by atoms with Gasteiger partial charge in [0.2, 0.25) is 0 Å². The largest absolute Gasteiger partial charge is 0.872 e. The SMILES string of the molecule is C[N+](C)(CCc1ccc([O-])cc1)C1CCN(C(=O)C(O)(c2cccs2)C2CCCC2)CC1. The Kier molecular flexibility index (Phi) is 6.94. The highest BCUT2D eigenvalue weighted by molar-refractivity contribution is 7.10. The van der Waals surface area contributed by atoms with Crippen molar-refractivity contribution in [2.24, 2.45) is 5.92 Å². The molecule has 32 heavy (non-hydrogen) atoms. The maximum absolute atomic E-state index is 13.7. The maximum Gasteiger partial charge on any atom is 0.260 e. The molecule has 1 aromatic carbocycles. The van der Waals surface area contributed by atoms with Crippen LogP contribution in [0.15, 0.2) is 41.8 Å². The van der Waals surface area contributed by atoms with Gasteiger partial charge in [-0.05, 0) is 29.9 Å². The highest BCUT2D eigenvalue weighted by atomic mass is 32.1. The lowest BCUT2D eigenvalue weighted by molar-refractivity contribution is -0.916. The van der Waals surface area contributed by atoms with Crippen molar-refractivity contribution in [1.82, 2.24) is 4.90 Å². The molecule has 0 bridgehead atoms. The number of carbonyl (C=O) groups excluding carboxylic acids is 1. The number of likely N-dealkylation sites (tertiary alicyclic amines) is 1. The summed E-state index contributed by atoms with van der Waals surface area (Å²) in [5.41, 5.74) is -0.170. The molecule has 1 N–H and O–H groups in total. The number of quaternary nitrogens is 1. The molecule has 2 aromatic rings. The first-order valence-corrected chi connectivity index (χ1v) is 12.8. The van der Waals surface area contributed by atoms with E-state index in [4.69, 9.17) is 0 Å². The second-order valence-electron chi connectivity index (χ2n) is 10.1. The third kappa shape index (κ3) is 4.73. The molecule has 2 aliphatic rings. The molecule has 0 spiro atoms. The Bertz CT molecular complexity index is 882. The molecule has 2 fully saturated rings. The third-order valence-corrected chi connectivity index (χ3v) is 8.80. The Morgan fingerprint density at radius 2 is 1.78 bits per heavy atom. The summed E-state index contributed by atoms with van der Waals surface area (Å²) in [5.74, 6) is -0.00735. The summed E-state index contributed by atoms with van der Waals surface area (Å²) in [6, 6.07) is 11.5. The van der Waals surface area contributed by atoms with Gasteiger partial charge in [-0.25, -0.2) is 0 Å². The minimum absolute atomic E-state index is 0.0269. The van der Waals surface area contributed by atoms with E-state index < -0.39 is 5.60 Å². The minimum Gasteiger partial charge on any atom is -0.872 e. The van der Waals surface area contributed by atoms with Crippen molar-refractivity contribution in [2.75, 3.05) is 33.7 Å². The summed E-state index contributed by atoms with van der Waals surface area (Å²) in [5, 5.41) is 25.0. The van der Waals surface area contributed by atoms with Crippen LogP contribution >= 0.6 is 11.3 Å². The molecule has 4 rings (SSSR count). The zero-order valence-corrected chi connectivity index (χ0v) is 20.2.